The molecule has 0 spiro atoms. The van der Waals surface area contributed by atoms with Crippen molar-refractivity contribution in [3.8, 4) is 11.5 Å². The highest BCUT2D eigenvalue weighted by molar-refractivity contribution is 6.31. The smallest absolute Gasteiger partial charge is 0.202 e. The lowest BCUT2D eigenvalue weighted by atomic mass is 9.80. The number of carbonyl (C=O) groups is 3. The summed E-state index contributed by atoms with van der Waals surface area (Å²) in [6.45, 7) is 4.89. The molecule has 0 aliphatic heterocycles. The summed E-state index contributed by atoms with van der Waals surface area (Å²) in [4.78, 5) is 38.8. The lowest BCUT2D eigenvalue weighted by Gasteiger charge is -2.22. The molecule has 2 N–H and O–H groups in total. The van der Waals surface area contributed by atoms with E-state index in [0.29, 0.717) is 11.1 Å². The Kier molecular flexibility index (Phi) is 5.12. The van der Waals surface area contributed by atoms with Crippen LogP contribution in [0, 0.1) is 6.92 Å². The Morgan fingerprint density at radius 2 is 1.79 bits per heavy atom. The van der Waals surface area contributed by atoms with Gasteiger partial charge < -0.3 is 14.9 Å². The zero-order valence-electron chi connectivity index (χ0n) is 16.5. The van der Waals surface area contributed by atoms with Crippen LogP contribution in [0.4, 0.5) is 0 Å². The van der Waals surface area contributed by atoms with Crippen LogP contribution >= 0.6 is 0 Å². The van der Waals surface area contributed by atoms with Crippen LogP contribution in [-0.4, -0.2) is 34.7 Å². The number of phenols is 1. The van der Waals surface area contributed by atoms with E-state index in [1.54, 1.807) is 39.0 Å². The van der Waals surface area contributed by atoms with Crippen molar-refractivity contribution in [3.63, 3.8) is 0 Å². The standard InChI is InChI=1S/C23H20O6/c1-5-11(2)15(24)10-16(25)18-12(3)9-14-20(22(18)27)23(28)19-13(21(14)26)7-6-8-17(19)29-4/h5-10,24,27H,1-4H3. The number of aryl methyl sites for hydroxylation is 1. The van der Waals surface area contributed by atoms with Crippen LogP contribution in [0.3, 0.4) is 0 Å². The van der Waals surface area contributed by atoms with Crippen LogP contribution in [-0.2, 0) is 0 Å². The number of carbonyl (C=O) groups excluding carboxylic acids is 3. The number of ether oxygens (including phenoxy) is 1. The number of aliphatic hydroxyl groups excluding tert-OH is 1. The van der Waals surface area contributed by atoms with Gasteiger partial charge in [-0.15, -0.1) is 0 Å². The summed E-state index contributed by atoms with van der Waals surface area (Å²) < 4.78 is 5.21. The zero-order valence-corrected chi connectivity index (χ0v) is 16.5. The predicted octanol–water partition coefficient (Wildman–Crippen LogP) is 4.08. The molecule has 0 bridgehead atoms. The summed E-state index contributed by atoms with van der Waals surface area (Å²) in [5, 5.41) is 20.8. The number of aliphatic hydroxyl groups is 1. The van der Waals surface area contributed by atoms with Gasteiger partial charge in [-0.25, -0.2) is 0 Å². The van der Waals surface area contributed by atoms with E-state index in [4.69, 9.17) is 4.74 Å². The summed E-state index contributed by atoms with van der Waals surface area (Å²) in [5.74, 6) is -2.33. The van der Waals surface area contributed by atoms with Gasteiger partial charge in [-0.2, -0.15) is 0 Å². The molecule has 1 aliphatic carbocycles. The first-order chi connectivity index (χ1) is 13.7. The van der Waals surface area contributed by atoms with Gasteiger partial charge in [0.25, 0.3) is 0 Å². The third-order valence-electron chi connectivity index (χ3n) is 5.04. The molecule has 0 radical (unpaired) electrons. The first-order valence-corrected chi connectivity index (χ1v) is 8.94. The van der Waals surface area contributed by atoms with Gasteiger partial charge in [-0.3, -0.25) is 14.4 Å². The lowest BCUT2D eigenvalue weighted by Crippen LogP contribution is -2.23. The second-order valence-electron chi connectivity index (χ2n) is 6.75. The maximum absolute atomic E-state index is 13.1. The number of benzene rings is 2. The van der Waals surface area contributed by atoms with Crippen molar-refractivity contribution in [2.24, 2.45) is 0 Å². The highest BCUT2D eigenvalue weighted by Gasteiger charge is 2.36. The normalized spacial score (nSPS) is 13.8. The fraction of sp³-hybridized carbons (Fsp3) is 0.174. The molecule has 0 unspecified atom stereocenters. The second-order valence-corrected chi connectivity index (χ2v) is 6.75. The molecule has 2 aromatic rings. The number of aromatic hydroxyl groups is 1. The first-order valence-electron chi connectivity index (χ1n) is 8.94. The maximum Gasteiger partial charge on any atom is 0.202 e. The molecule has 0 amide bonds. The van der Waals surface area contributed by atoms with Crippen LogP contribution in [0.2, 0.25) is 0 Å². The minimum absolute atomic E-state index is 0.0279. The summed E-state index contributed by atoms with van der Waals surface area (Å²) in [6, 6.07) is 6.09. The molecule has 0 saturated carbocycles. The van der Waals surface area contributed by atoms with Gasteiger partial charge in [0, 0.05) is 17.2 Å². The van der Waals surface area contributed by atoms with E-state index in [-0.39, 0.29) is 39.3 Å². The third kappa shape index (κ3) is 3.12. The van der Waals surface area contributed by atoms with E-state index in [1.165, 1.54) is 19.2 Å². The van der Waals surface area contributed by atoms with E-state index in [1.807, 2.05) is 0 Å². The minimum Gasteiger partial charge on any atom is -0.508 e. The molecule has 6 nitrogen and oxygen atoms in total. The van der Waals surface area contributed by atoms with E-state index < -0.39 is 23.1 Å². The first kappa shape index (κ1) is 20.1. The van der Waals surface area contributed by atoms with Crippen molar-refractivity contribution in [3.05, 3.63) is 81.1 Å². The molecule has 0 heterocycles. The number of allylic oxidation sites excluding steroid dienone is 3. The average Bonchev–Trinajstić information content (AvgIpc) is 2.70. The topological polar surface area (TPSA) is 101 Å². The van der Waals surface area contributed by atoms with Crippen LogP contribution < -0.4 is 4.74 Å². The van der Waals surface area contributed by atoms with E-state index in [0.717, 1.165) is 6.08 Å². The number of hydrogen-bond donors (Lipinski definition) is 2. The van der Waals surface area contributed by atoms with Gasteiger partial charge in [-0.1, -0.05) is 18.2 Å². The van der Waals surface area contributed by atoms with Crippen molar-refractivity contribution >= 4 is 17.3 Å². The molecule has 0 fully saturated rings. The number of hydrogen-bond acceptors (Lipinski definition) is 6. The van der Waals surface area contributed by atoms with Gasteiger partial charge in [0.2, 0.25) is 5.78 Å². The zero-order chi connectivity index (χ0) is 21.5. The quantitative estimate of drug-likeness (QED) is 0.300. The van der Waals surface area contributed by atoms with Gasteiger partial charge >= 0.3 is 0 Å². The third-order valence-corrected chi connectivity index (χ3v) is 5.04. The highest BCUT2D eigenvalue weighted by atomic mass is 16.5. The second kappa shape index (κ2) is 7.39. The van der Waals surface area contributed by atoms with Gasteiger partial charge in [0.05, 0.1) is 23.8 Å². The van der Waals surface area contributed by atoms with Crippen molar-refractivity contribution in [2.75, 3.05) is 7.11 Å². The monoisotopic (exact) mass is 392 g/mol. The van der Waals surface area contributed by atoms with Crippen LogP contribution in [0.25, 0.3) is 0 Å². The fourth-order valence-corrected chi connectivity index (χ4v) is 3.37. The molecule has 3 rings (SSSR count). The van der Waals surface area contributed by atoms with Gasteiger partial charge in [0.1, 0.15) is 17.3 Å². The van der Waals surface area contributed by atoms with Crippen molar-refractivity contribution in [1.82, 2.24) is 0 Å². The summed E-state index contributed by atoms with van der Waals surface area (Å²) in [6.07, 6.45) is 2.61. The number of phenolic OH excluding ortho intramolecular Hbond substituents is 1. The van der Waals surface area contributed by atoms with E-state index in [9.17, 15) is 24.6 Å². The largest absolute Gasteiger partial charge is 0.508 e. The Morgan fingerprint density at radius 3 is 2.41 bits per heavy atom. The fourth-order valence-electron chi connectivity index (χ4n) is 3.37. The average molecular weight is 392 g/mol. The molecule has 0 saturated heterocycles. The van der Waals surface area contributed by atoms with Crippen molar-refractivity contribution in [2.45, 2.75) is 20.8 Å². The van der Waals surface area contributed by atoms with Crippen LogP contribution in [0.5, 0.6) is 11.5 Å². The van der Waals surface area contributed by atoms with Crippen LogP contribution in [0.1, 0.15) is 61.6 Å². The SMILES string of the molecule is CC=C(C)C(O)=CC(=O)c1c(C)cc2c(c1O)C(=O)c1c(OC)cccc1C2=O. The molecule has 148 valence electrons. The summed E-state index contributed by atoms with van der Waals surface area (Å²) >= 11 is 0. The molecular weight excluding hydrogens is 372 g/mol. The molecule has 0 atom stereocenters. The predicted molar refractivity (Wildman–Crippen MR) is 107 cm³/mol. The van der Waals surface area contributed by atoms with E-state index in [2.05, 4.69) is 0 Å². The minimum atomic E-state index is -0.674. The van der Waals surface area contributed by atoms with Gasteiger partial charge in [0.15, 0.2) is 11.6 Å². The Balaban J connectivity index is 2.24. The molecule has 1 aliphatic rings. The molecule has 29 heavy (non-hydrogen) atoms. The number of fused-ring (bicyclic) bond motifs is 2. The Bertz CT molecular complexity index is 1130. The Labute approximate surface area is 167 Å². The van der Waals surface area contributed by atoms with E-state index >= 15 is 0 Å². The van der Waals surface area contributed by atoms with Gasteiger partial charge in [-0.05, 0) is 44.0 Å². The Hall–Kier alpha value is -3.67. The highest BCUT2D eigenvalue weighted by Crippen LogP contribution is 2.39. The van der Waals surface area contributed by atoms with Crippen LogP contribution in [0.15, 0.2) is 47.7 Å². The molecule has 2 aromatic carbocycles. The number of ketones is 3. The Morgan fingerprint density at radius 1 is 1.10 bits per heavy atom. The summed E-state index contributed by atoms with van der Waals surface area (Å²) in [5.41, 5.74) is 0.684. The maximum atomic E-state index is 13.1. The molecule has 0 aromatic heterocycles. The molecular formula is C23H20O6. The van der Waals surface area contributed by atoms with Crippen molar-refractivity contribution in [1.29, 1.82) is 0 Å². The number of rotatable bonds is 4. The molecule has 6 heteroatoms. The summed E-state index contributed by atoms with van der Waals surface area (Å²) in [7, 11) is 1.38. The number of methoxy groups -OCH3 is 1. The lowest BCUT2D eigenvalue weighted by molar-refractivity contribution is 0.0972. The van der Waals surface area contributed by atoms with Crippen molar-refractivity contribution < 1.29 is 29.3 Å².